The normalized spacial score (nSPS) is 12.6. The van der Waals surface area contributed by atoms with Crippen LogP contribution in [0.5, 0.6) is 0 Å². The third kappa shape index (κ3) is 5.05. The molecule has 0 radical (unpaired) electrons. The highest BCUT2D eigenvalue weighted by Gasteiger charge is 2.16. The van der Waals surface area contributed by atoms with Crippen LogP contribution in [0.15, 0.2) is 60.4 Å². The average molecular weight is 347 g/mol. The monoisotopic (exact) mass is 347 g/mol. The van der Waals surface area contributed by atoms with Gasteiger partial charge in [0.2, 0.25) is 0 Å². The molecule has 0 bridgehead atoms. The maximum atomic E-state index is 9.98. The SMILES string of the molecule is C/C=C/C(=C(/C)NCc1ccc(C(C)(C)O)nc1)c1ccc(C#N)cc1. The van der Waals surface area contributed by atoms with Crippen LogP contribution >= 0.6 is 0 Å². The highest BCUT2D eigenvalue weighted by molar-refractivity contribution is 5.76. The lowest BCUT2D eigenvalue weighted by atomic mass is 10.0. The van der Waals surface area contributed by atoms with Crippen molar-refractivity contribution in [1.29, 1.82) is 5.26 Å². The standard InChI is InChI=1S/C22H25N3O/c1-5-6-20(19-10-7-17(13-23)8-11-19)16(2)24-14-18-9-12-21(25-15-18)22(3,4)26/h5-12,15,24,26H,14H2,1-4H3/b6-5+,20-16+. The van der Waals surface area contributed by atoms with Crippen LogP contribution < -0.4 is 5.32 Å². The van der Waals surface area contributed by atoms with Gasteiger partial charge in [0.25, 0.3) is 0 Å². The van der Waals surface area contributed by atoms with Crippen LogP contribution in [0.1, 0.15) is 50.1 Å². The van der Waals surface area contributed by atoms with Crippen LogP contribution in [0.25, 0.3) is 5.57 Å². The number of hydrogen-bond donors (Lipinski definition) is 2. The molecule has 0 unspecified atom stereocenters. The smallest absolute Gasteiger partial charge is 0.101 e. The second kappa shape index (κ2) is 8.46. The first-order chi connectivity index (χ1) is 12.3. The molecule has 0 aliphatic rings. The first kappa shape index (κ1) is 19.4. The molecule has 0 atom stereocenters. The molecule has 4 nitrogen and oxygen atoms in total. The molecule has 0 saturated carbocycles. The second-order valence-corrected chi connectivity index (χ2v) is 6.69. The van der Waals surface area contributed by atoms with Crippen molar-refractivity contribution >= 4 is 5.57 Å². The molecule has 0 fully saturated rings. The summed E-state index contributed by atoms with van der Waals surface area (Å²) in [6.45, 7) is 8.10. The maximum Gasteiger partial charge on any atom is 0.101 e. The molecule has 0 amide bonds. The number of nitriles is 1. The number of hydrogen-bond acceptors (Lipinski definition) is 4. The number of nitrogens with zero attached hydrogens (tertiary/aromatic N) is 2. The Morgan fingerprint density at radius 2 is 1.92 bits per heavy atom. The first-order valence-electron chi connectivity index (χ1n) is 8.61. The van der Waals surface area contributed by atoms with Crippen LogP contribution in [0, 0.1) is 11.3 Å². The Morgan fingerprint density at radius 1 is 1.23 bits per heavy atom. The summed E-state index contributed by atoms with van der Waals surface area (Å²) < 4.78 is 0. The van der Waals surface area contributed by atoms with Gasteiger partial charge in [-0.2, -0.15) is 5.26 Å². The van der Waals surface area contributed by atoms with E-state index in [0.29, 0.717) is 17.8 Å². The van der Waals surface area contributed by atoms with Crippen LogP contribution in [0.2, 0.25) is 0 Å². The third-order valence-electron chi connectivity index (χ3n) is 4.07. The lowest BCUT2D eigenvalue weighted by Crippen LogP contribution is -2.18. The summed E-state index contributed by atoms with van der Waals surface area (Å²) in [5.74, 6) is 0. The van der Waals surface area contributed by atoms with Gasteiger partial charge in [-0.25, -0.2) is 0 Å². The number of pyridine rings is 1. The third-order valence-corrected chi connectivity index (χ3v) is 4.07. The molecule has 26 heavy (non-hydrogen) atoms. The molecular weight excluding hydrogens is 322 g/mol. The van der Waals surface area contributed by atoms with E-state index in [-0.39, 0.29) is 0 Å². The van der Waals surface area contributed by atoms with Crippen molar-refractivity contribution in [2.24, 2.45) is 0 Å². The molecule has 2 aromatic rings. The second-order valence-electron chi connectivity index (χ2n) is 6.69. The molecule has 1 aromatic heterocycles. The van der Waals surface area contributed by atoms with Crippen LogP contribution in [-0.2, 0) is 12.1 Å². The van der Waals surface area contributed by atoms with Gasteiger partial charge in [-0.05, 0) is 62.6 Å². The highest BCUT2D eigenvalue weighted by Crippen LogP contribution is 2.21. The van der Waals surface area contributed by atoms with Gasteiger partial charge in [0.15, 0.2) is 0 Å². The first-order valence-corrected chi connectivity index (χ1v) is 8.61. The molecule has 134 valence electrons. The van der Waals surface area contributed by atoms with E-state index < -0.39 is 5.60 Å². The number of rotatable bonds is 6. The topological polar surface area (TPSA) is 68.9 Å². The van der Waals surface area contributed by atoms with Gasteiger partial charge >= 0.3 is 0 Å². The van der Waals surface area contributed by atoms with Gasteiger partial charge in [-0.3, -0.25) is 4.98 Å². The zero-order chi connectivity index (χ0) is 19.2. The van der Waals surface area contributed by atoms with Crippen molar-refractivity contribution in [3.05, 3.63) is 82.8 Å². The van der Waals surface area contributed by atoms with Crippen molar-refractivity contribution < 1.29 is 5.11 Å². The molecule has 0 saturated heterocycles. The Hall–Kier alpha value is -2.90. The summed E-state index contributed by atoms with van der Waals surface area (Å²) >= 11 is 0. The molecule has 0 aliphatic heterocycles. The zero-order valence-electron chi connectivity index (χ0n) is 15.7. The quantitative estimate of drug-likeness (QED) is 0.765. The Kier molecular flexibility index (Phi) is 6.32. The summed E-state index contributed by atoms with van der Waals surface area (Å²) in [4.78, 5) is 4.34. The van der Waals surface area contributed by atoms with E-state index in [1.807, 2.05) is 56.3 Å². The van der Waals surface area contributed by atoms with Gasteiger partial charge in [0.1, 0.15) is 5.60 Å². The number of allylic oxidation sites excluding steroid dienone is 4. The van der Waals surface area contributed by atoms with Crippen molar-refractivity contribution in [3.8, 4) is 6.07 Å². The van der Waals surface area contributed by atoms with Crippen molar-refractivity contribution in [3.63, 3.8) is 0 Å². The van der Waals surface area contributed by atoms with E-state index in [0.717, 1.165) is 22.4 Å². The Morgan fingerprint density at radius 3 is 2.42 bits per heavy atom. The highest BCUT2D eigenvalue weighted by atomic mass is 16.3. The molecule has 0 spiro atoms. The van der Waals surface area contributed by atoms with Crippen LogP contribution in [0.3, 0.4) is 0 Å². The van der Waals surface area contributed by atoms with Gasteiger partial charge in [0, 0.05) is 18.4 Å². The predicted octanol–water partition coefficient (Wildman–Crippen LogP) is 4.28. The lowest BCUT2D eigenvalue weighted by Gasteiger charge is -2.17. The molecule has 0 aliphatic carbocycles. The van der Waals surface area contributed by atoms with Gasteiger partial charge in [0.05, 0.1) is 17.3 Å². The summed E-state index contributed by atoms with van der Waals surface area (Å²) in [7, 11) is 0. The molecule has 1 heterocycles. The molecule has 2 rings (SSSR count). The van der Waals surface area contributed by atoms with Gasteiger partial charge in [-0.1, -0.05) is 30.4 Å². The summed E-state index contributed by atoms with van der Waals surface area (Å²) in [5.41, 5.74) is 4.59. The summed E-state index contributed by atoms with van der Waals surface area (Å²) in [5, 5.41) is 22.4. The largest absolute Gasteiger partial charge is 0.384 e. The van der Waals surface area contributed by atoms with Gasteiger partial charge in [-0.15, -0.1) is 0 Å². The Bertz CT molecular complexity index is 833. The maximum absolute atomic E-state index is 9.98. The molecule has 1 aromatic carbocycles. The molecular formula is C22H25N3O. The van der Waals surface area contributed by atoms with Crippen LogP contribution in [0.4, 0.5) is 0 Å². The minimum atomic E-state index is -0.934. The fraction of sp³-hybridized carbons (Fsp3) is 0.273. The van der Waals surface area contributed by atoms with Crippen molar-refractivity contribution in [2.75, 3.05) is 0 Å². The van der Waals surface area contributed by atoms with E-state index in [1.54, 1.807) is 20.0 Å². The Balaban J connectivity index is 2.17. The number of benzene rings is 1. The van der Waals surface area contributed by atoms with E-state index in [9.17, 15) is 5.11 Å². The van der Waals surface area contributed by atoms with E-state index in [2.05, 4.69) is 22.4 Å². The molecule has 4 heteroatoms. The zero-order valence-corrected chi connectivity index (χ0v) is 15.7. The fourth-order valence-corrected chi connectivity index (χ4v) is 2.55. The summed E-state index contributed by atoms with van der Waals surface area (Å²) in [6, 6.07) is 13.5. The fourth-order valence-electron chi connectivity index (χ4n) is 2.55. The number of nitrogens with one attached hydrogen (secondary N) is 1. The van der Waals surface area contributed by atoms with Crippen molar-refractivity contribution in [1.82, 2.24) is 10.3 Å². The van der Waals surface area contributed by atoms with E-state index >= 15 is 0 Å². The molecule has 2 N–H and O–H groups in total. The van der Waals surface area contributed by atoms with Gasteiger partial charge < -0.3 is 10.4 Å². The number of aromatic nitrogens is 1. The van der Waals surface area contributed by atoms with Crippen LogP contribution in [-0.4, -0.2) is 10.1 Å². The Labute approximate surface area is 155 Å². The summed E-state index contributed by atoms with van der Waals surface area (Å²) in [6.07, 6.45) is 5.84. The predicted molar refractivity (Wildman–Crippen MR) is 105 cm³/mol. The van der Waals surface area contributed by atoms with E-state index in [4.69, 9.17) is 5.26 Å². The minimum absolute atomic E-state index is 0.641. The minimum Gasteiger partial charge on any atom is -0.384 e. The van der Waals surface area contributed by atoms with Crippen molar-refractivity contribution in [2.45, 2.75) is 39.8 Å². The number of aliphatic hydroxyl groups is 1. The van der Waals surface area contributed by atoms with E-state index in [1.165, 1.54) is 0 Å². The average Bonchev–Trinajstić information content (AvgIpc) is 2.64. The lowest BCUT2D eigenvalue weighted by molar-refractivity contribution is 0.0738.